The number of hydrogen-bond acceptors (Lipinski definition) is 7. The molecular formula is C25H28FN3O4. The second-order valence-corrected chi connectivity index (χ2v) is 9.27. The van der Waals surface area contributed by atoms with Gasteiger partial charge in [0.15, 0.2) is 11.5 Å². The summed E-state index contributed by atoms with van der Waals surface area (Å²) in [6.07, 6.45) is 6.90. The number of fused-ring (bicyclic) bond motifs is 3. The first-order chi connectivity index (χ1) is 16.1. The molecular weight excluding hydrogens is 425 g/mol. The van der Waals surface area contributed by atoms with Crippen molar-refractivity contribution in [3.05, 3.63) is 54.0 Å². The van der Waals surface area contributed by atoms with E-state index >= 15 is 0 Å². The van der Waals surface area contributed by atoms with Crippen LogP contribution in [0.3, 0.4) is 0 Å². The molecule has 1 atom stereocenters. The van der Waals surface area contributed by atoms with Crippen molar-refractivity contribution in [2.24, 2.45) is 11.8 Å². The van der Waals surface area contributed by atoms with Crippen molar-refractivity contribution >= 4 is 16.7 Å². The van der Waals surface area contributed by atoms with Crippen LogP contribution in [0.1, 0.15) is 37.7 Å². The van der Waals surface area contributed by atoms with Crippen LogP contribution in [0.5, 0.6) is 11.5 Å². The molecule has 1 saturated heterocycles. The maximum atomic E-state index is 14.3. The van der Waals surface area contributed by atoms with Gasteiger partial charge in [-0.1, -0.05) is 11.7 Å². The third kappa shape index (κ3) is 3.27. The smallest absolute Gasteiger partial charge is 0.169 e. The van der Waals surface area contributed by atoms with Crippen LogP contribution in [0.25, 0.3) is 11.0 Å². The van der Waals surface area contributed by atoms with Gasteiger partial charge in [-0.3, -0.25) is 4.84 Å². The molecule has 8 heteroatoms. The van der Waals surface area contributed by atoms with E-state index in [2.05, 4.69) is 10.6 Å². The van der Waals surface area contributed by atoms with Gasteiger partial charge in [-0.2, -0.15) is 5.01 Å². The molecule has 1 aromatic heterocycles. The zero-order valence-electron chi connectivity index (χ0n) is 18.8. The quantitative estimate of drug-likeness (QED) is 0.572. The van der Waals surface area contributed by atoms with Gasteiger partial charge in [0.05, 0.1) is 31.8 Å². The highest BCUT2D eigenvalue weighted by Crippen LogP contribution is 2.53. The normalized spacial score (nSPS) is 27.1. The number of furan rings is 1. The van der Waals surface area contributed by atoms with Crippen LogP contribution in [0.4, 0.5) is 10.1 Å². The first kappa shape index (κ1) is 20.8. The van der Waals surface area contributed by atoms with Gasteiger partial charge in [0.25, 0.3) is 0 Å². The Morgan fingerprint density at radius 1 is 1.09 bits per heavy atom. The molecule has 0 amide bonds. The highest BCUT2D eigenvalue weighted by molar-refractivity contribution is 5.81. The molecule has 7 rings (SSSR count). The number of benzene rings is 2. The largest absolute Gasteiger partial charge is 0.497 e. The van der Waals surface area contributed by atoms with Gasteiger partial charge in [-0.05, 0) is 62.3 Å². The van der Waals surface area contributed by atoms with E-state index in [1.165, 1.54) is 12.8 Å². The fourth-order valence-corrected chi connectivity index (χ4v) is 5.89. The first-order valence-corrected chi connectivity index (χ1v) is 11.5. The molecule has 33 heavy (non-hydrogen) atoms. The van der Waals surface area contributed by atoms with E-state index in [-0.39, 0.29) is 5.82 Å². The van der Waals surface area contributed by atoms with Crippen LogP contribution in [-0.2, 0) is 11.4 Å². The van der Waals surface area contributed by atoms with Gasteiger partial charge >= 0.3 is 0 Å². The second kappa shape index (κ2) is 7.90. The lowest BCUT2D eigenvalue weighted by Crippen LogP contribution is -2.59. The summed E-state index contributed by atoms with van der Waals surface area (Å²) < 4.78 is 30.7. The molecule has 4 fully saturated rings. The number of hydrogen-bond donors (Lipinski definition) is 1. The number of anilines is 1. The minimum Gasteiger partial charge on any atom is -0.497 e. The SMILES string of the molecule is COc1ccc(CN2N(c3ccc4occ(F)c4c3)NO[C@@]23CC2CCC3CC2)c(OC)c1. The third-order valence-corrected chi connectivity index (χ3v) is 7.62. The highest BCUT2D eigenvalue weighted by Gasteiger charge is 2.58. The van der Waals surface area contributed by atoms with Gasteiger partial charge in [0, 0.05) is 17.5 Å². The van der Waals surface area contributed by atoms with Crippen LogP contribution in [0, 0.1) is 17.7 Å². The Kier molecular flexibility index (Phi) is 4.97. The van der Waals surface area contributed by atoms with E-state index in [0.717, 1.165) is 48.3 Å². The van der Waals surface area contributed by atoms with Crippen molar-refractivity contribution in [3.63, 3.8) is 0 Å². The summed E-state index contributed by atoms with van der Waals surface area (Å²) in [5.41, 5.74) is 5.03. The standard InChI is InChI=1S/C25H28FN3O4/c1-30-20-9-5-17(24(12-20)31-2)14-28-25(13-16-3-6-18(25)7-4-16)33-27-29(28)19-8-10-23-21(11-19)22(26)15-32-23/h5,8-12,15-16,18,27H,3-4,6-7,13-14H2,1-2H3/t16?,18?,25-/m1/s1. The Balaban J connectivity index is 1.42. The number of halogens is 1. The van der Waals surface area contributed by atoms with Crippen molar-refractivity contribution in [1.29, 1.82) is 0 Å². The molecule has 7 nitrogen and oxygen atoms in total. The summed E-state index contributed by atoms with van der Waals surface area (Å²) in [6.45, 7) is 0.565. The van der Waals surface area contributed by atoms with Gasteiger partial charge in [-0.15, -0.1) is 0 Å². The number of rotatable bonds is 5. The number of hydrazine groups is 2. The topological polar surface area (TPSA) is 59.3 Å². The average Bonchev–Trinajstić information content (AvgIpc) is 3.40. The van der Waals surface area contributed by atoms with E-state index < -0.39 is 5.72 Å². The van der Waals surface area contributed by atoms with Crippen LogP contribution in [-0.4, -0.2) is 25.0 Å². The van der Waals surface area contributed by atoms with Crippen molar-refractivity contribution < 1.29 is 23.1 Å². The van der Waals surface area contributed by atoms with E-state index in [4.69, 9.17) is 18.7 Å². The monoisotopic (exact) mass is 453 g/mol. The Morgan fingerprint density at radius 3 is 2.67 bits per heavy atom. The highest BCUT2D eigenvalue weighted by atomic mass is 19.1. The minimum atomic E-state index is -0.462. The van der Waals surface area contributed by atoms with Crippen LogP contribution >= 0.6 is 0 Å². The zero-order chi connectivity index (χ0) is 22.6. The molecule has 2 aromatic carbocycles. The molecule has 2 heterocycles. The van der Waals surface area contributed by atoms with Gasteiger partial charge in [-0.25, -0.2) is 9.51 Å². The number of methoxy groups -OCH3 is 2. The molecule has 0 unspecified atom stereocenters. The summed E-state index contributed by atoms with van der Waals surface area (Å²) >= 11 is 0. The number of nitrogens with zero attached hydrogens (tertiary/aromatic N) is 2. The van der Waals surface area contributed by atoms with Gasteiger partial charge < -0.3 is 13.9 Å². The van der Waals surface area contributed by atoms with Crippen molar-refractivity contribution in [2.45, 2.75) is 44.4 Å². The van der Waals surface area contributed by atoms with Crippen LogP contribution in [0.15, 0.2) is 47.1 Å². The molecule has 1 spiro atoms. The van der Waals surface area contributed by atoms with Crippen LogP contribution < -0.4 is 20.2 Å². The Bertz CT molecular complexity index is 1180. The fourth-order valence-electron chi connectivity index (χ4n) is 5.89. The summed E-state index contributed by atoms with van der Waals surface area (Å²) in [6, 6.07) is 11.4. The van der Waals surface area contributed by atoms with E-state index in [1.807, 2.05) is 29.4 Å². The lowest BCUT2D eigenvalue weighted by molar-refractivity contribution is -0.201. The molecule has 3 aromatic rings. The number of nitrogens with one attached hydrogen (secondary N) is 1. The van der Waals surface area contributed by atoms with E-state index in [0.29, 0.717) is 29.3 Å². The maximum absolute atomic E-state index is 14.3. The summed E-state index contributed by atoms with van der Waals surface area (Å²) in [4.78, 5) is 6.43. The molecule has 4 aliphatic rings. The third-order valence-electron chi connectivity index (χ3n) is 7.62. The predicted molar refractivity (Wildman–Crippen MR) is 121 cm³/mol. The number of ether oxygens (including phenoxy) is 2. The molecule has 1 N–H and O–H groups in total. The van der Waals surface area contributed by atoms with Crippen molar-refractivity contribution in [1.82, 2.24) is 10.6 Å². The first-order valence-electron chi connectivity index (χ1n) is 11.5. The molecule has 3 aliphatic carbocycles. The average molecular weight is 454 g/mol. The molecule has 3 saturated carbocycles. The summed E-state index contributed by atoms with van der Waals surface area (Å²) in [7, 11) is 3.32. The van der Waals surface area contributed by atoms with Crippen molar-refractivity contribution in [3.8, 4) is 11.5 Å². The zero-order valence-corrected chi connectivity index (χ0v) is 18.8. The van der Waals surface area contributed by atoms with Gasteiger partial charge in [0.2, 0.25) is 0 Å². The lowest BCUT2D eigenvalue weighted by atomic mass is 9.65. The fraction of sp³-hybridized carbons (Fsp3) is 0.440. The van der Waals surface area contributed by atoms with E-state index in [1.54, 1.807) is 26.4 Å². The predicted octanol–water partition coefficient (Wildman–Crippen LogP) is 5.17. The van der Waals surface area contributed by atoms with Crippen molar-refractivity contribution in [2.75, 3.05) is 19.3 Å². The van der Waals surface area contributed by atoms with Gasteiger partial charge in [0.1, 0.15) is 23.3 Å². The molecule has 0 radical (unpaired) electrons. The minimum absolute atomic E-state index is 0.373. The van der Waals surface area contributed by atoms with Crippen LogP contribution in [0.2, 0.25) is 0 Å². The molecule has 1 aliphatic heterocycles. The maximum Gasteiger partial charge on any atom is 0.169 e. The Morgan fingerprint density at radius 2 is 1.94 bits per heavy atom. The summed E-state index contributed by atoms with van der Waals surface area (Å²) in [5.74, 6) is 2.19. The second-order valence-electron chi connectivity index (χ2n) is 9.27. The lowest BCUT2D eigenvalue weighted by Gasteiger charge is -2.51. The Hall–Kier alpha value is -2.81. The Labute approximate surface area is 191 Å². The molecule has 174 valence electrons. The van der Waals surface area contributed by atoms with E-state index in [9.17, 15) is 4.39 Å². The molecule has 2 bridgehead atoms. The summed E-state index contributed by atoms with van der Waals surface area (Å²) in [5, 5.41) is 4.62.